The first-order chi connectivity index (χ1) is 9.63. The summed E-state index contributed by atoms with van der Waals surface area (Å²) in [7, 11) is 0. The predicted molar refractivity (Wildman–Crippen MR) is 80.6 cm³/mol. The molecule has 1 aliphatic carbocycles. The van der Waals surface area contributed by atoms with Crippen LogP contribution in [0.5, 0.6) is 0 Å². The van der Waals surface area contributed by atoms with Gasteiger partial charge >= 0.3 is 0 Å². The normalized spacial score (nSPS) is 17.9. The molecule has 20 heavy (non-hydrogen) atoms. The average Bonchev–Trinajstić information content (AvgIpc) is 2.83. The van der Waals surface area contributed by atoms with Crippen LogP contribution in [0.3, 0.4) is 0 Å². The van der Waals surface area contributed by atoms with Gasteiger partial charge in [0.25, 0.3) is 0 Å². The second-order valence-electron chi connectivity index (χ2n) is 5.24. The molecule has 0 unspecified atom stereocenters. The summed E-state index contributed by atoms with van der Waals surface area (Å²) in [5.74, 6) is 1.18. The summed E-state index contributed by atoms with van der Waals surface area (Å²) >= 11 is 1.37. The van der Waals surface area contributed by atoms with Gasteiger partial charge in [-0.25, -0.2) is 0 Å². The van der Waals surface area contributed by atoms with Gasteiger partial charge in [-0.3, -0.25) is 4.79 Å². The lowest BCUT2D eigenvalue weighted by Crippen LogP contribution is -2.23. The molecule has 1 saturated carbocycles. The first kappa shape index (κ1) is 15.1. The van der Waals surface area contributed by atoms with E-state index < -0.39 is 0 Å². The Morgan fingerprint density at radius 1 is 1.50 bits per heavy atom. The molecule has 1 aromatic rings. The van der Waals surface area contributed by atoms with Gasteiger partial charge in [0.15, 0.2) is 5.16 Å². The summed E-state index contributed by atoms with van der Waals surface area (Å²) in [5, 5.41) is 9.07. The Morgan fingerprint density at radius 2 is 2.20 bits per heavy atom. The molecule has 2 rings (SSSR count). The van der Waals surface area contributed by atoms with Crippen LogP contribution in [-0.2, 0) is 11.3 Å². The lowest BCUT2D eigenvalue weighted by atomic mass is 9.89. The van der Waals surface area contributed by atoms with Crippen molar-refractivity contribution in [2.45, 2.75) is 61.9 Å². The maximum Gasteiger partial charge on any atom is 0.230 e. The molecule has 2 N–H and O–H groups in total. The lowest BCUT2D eigenvalue weighted by molar-refractivity contribution is -0.117. The van der Waals surface area contributed by atoms with Crippen LogP contribution in [0.25, 0.3) is 0 Å². The Hall–Kier alpha value is -1.30. The molecule has 5 nitrogen and oxygen atoms in total. The van der Waals surface area contributed by atoms with Gasteiger partial charge in [0.1, 0.15) is 5.82 Å². The van der Waals surface area contributed by atoms with Crippen LogP contribution in [-0.4, -0.2) is 25.9 Å². The number of nitrogens with zero attached hydrogens (tertiary/aromatic N) is 3. The molecule has 1 aliphatic rings. The van der Waals surface area contributed by atoms with E-state index in [2.05, 4.69) is 21.3 Å². The van der Waals surface area contributed by atoms with Gasteiger partial charge in [0.05, 0.1) is 5.25 Å². The standard InChI is InChI=1S/C14H22N4OS/c1-3-9-18-13(11-7-5-4-6-8-11)16-17-14(18)20-10(2)12(15)19/h3,10-11H,1,4-9H2,2H3,(H2,15,19)/t10-/m0/s1. The van der Waals surface area contributed by atoms with E-state index in [-0.39, 0.29) is 11.2 Å². The van der Waals surface area contributed by atoms with Crippen molar-refractivity contribution in [1.82, 2.24) is 14.8 Å². The highest BCUT2D eigenvalue weighted by Crippen LogP contribution is 2.33. The van der Waals surface area contributed by atoms with E-state index in [0.717, 1.165) is 11.0 Å². The van der Waals surface area contributed by atoms with Crippen molar-refractivity contribution in [2.75, 3.05) is 0 Å². The van der Waals surface area contributed by atoms with Gasteiger partial charge in [-0.2, -0.15) is 0 Å². The summed E-state index contributed by atoms with van der Waals surface area (Å²) < 4.78 is 2.08. The van der Waals surface area contributed by atoms with Crippen molar-refractivity contribution in [2.24, 2.45) is 5.73 Å². The summed E-state index contributed by atoms with van der Waals surface area (Å²) in [6.07, 6.45) is 8.01. The number of aromatic nitrogens is 3. The number of allylic oxidation sites excluding steroid dienone is 1. The van der Waals surface area contributed by atoms with Gasteiger partial charge in [-0.15, -0.1) is 16.8 Å². The fourth-order valence-electron chi connectivity index (χ4n) is 2.57. The first-order valence-electron chi connectivity index (χ1n) is 7.13. The van der Waals surface area contributed by atoms with E-state index in [1.165, 1.54) is 43.9 Å². The maximum atomic E-state index is 11.2. The van der Waals surface area contributed by atoms with Gasteiger partial charge in [0, 0.05) is 12.5 Å². The van der Waals surface area contributed by atoms with Gasteiger partial charge in [-0.05, 0) is 19.8 Å². The summed E-state index contributed by atoms with van der Waals surface area (Å²) in [6.45, 7) is 6.27. The topological polar surface area (TPSA) is 73.8 Å². The molecule has 0 saturated heterocycles. The minimum atomic E-state index is -0.331. The van der Waals surface area contributed by atoms with Crippen LogP contribution in [0.15, 0.2) is 17.8 Å². The summed E-state index contributed by atoms with van der Waals surface area (Å²) in [5.41, 5.74) is 5.32. The third-order valence-electron chi connectivity index (χ3n) is 3.71. The molecular formula is C14H22N4OS. The van der Waals surface area contributed by atoms with E-state index in [1.54, 1.807) is 6.92 Å². The first-order valence-corrected chi connectivity index (χ1v) is 8.01. The molecule has 0 bridgehead atoms. The fourth-order valence-corrected chi connectivity index (χ4v) is 3.38. The monoisotopic (exact) mass is 294 g/mol. The Labute approximate surface area is 124 Å². The highest BCUT2D eigenvalue weighted by molar-refractivity contribution is 8.00. The Morgan fingerprint density at radius 3 is 2.80 bits per heavy atom. The maximum absolute atomic E-state index is 11.2. The molecule has 110 valence electrons. The van der Waals surface area contributed by atoms with Crippen molar-refractivity contribution >= 4 is 17.7 Å². The quantitative estimate of drug-likeness (QED) is 0.646. The second-order valence-corrected chi connectivity index (χ2v) is 6.55. The van der Waals surface area contributed by atoms with Gasteiger partial charge in [0.2, 0.25) is 5.91 Å². The molecule has 0 aliphatic heterocycles. The average molecular weight is 294 g/mol. The molecule has 6 heteroatoms. The summed E-state index contributed by atoms with van der Waals surface area (Å²) in [6, 6.07) is 0. The predicted octanol–water partition coefficient (Wildman–Crippen LogP) is 2.48. The molecule has 0 radical (unpaired) electrons. The molecule has 1 fully saturated rings. The SMILES string of the molecule is C=CCn1c(S[C@@H](C)C(N)=O)nnc1C1CCCCC1. The smallest absolute Gasteiger partial charge is 0.230 e. The Balaban J connectivity index is 2.21. The van der Waals surface area contributed by atoms with Crippen LogP contribution < -0.4 is 5.73 Å². The number of hydrogen-bond acceptors (Lipinski definition) is 4. The van der Waals surface area contributed by atoms with Crippen molar-refractivity contribution < 1.29 is 4.79 Å². The van der Waals surface area contributed by atoms with E-state index in [4.69, 9.17) is 5.73 Å². The van der Waals surface area contributed by atoms with E-state index in [1.807, 2.05) is 6.08 Å². The minimum Gasteiger partial charge on any atom is -0.369 e. The molecule has 1 atom stereocenters. The van der Waals surface area contributed by atoms with Crippen LogP contribution in [0.4, 0.5) is 0 Å². The molecule has 0 spiro atoms. The number of thioether (sulfide) groups is 1. The largest absolute Gasteiger partial charge is 0.369 e. The Kier molecular flexibility index (Phi) is 5.23. The summed E-state index contributed by atoms with van der Waals surface area (Å²) in [4.78, 5) is 11.2. The zero-order valence-electron chi connectivity index (χ0n) is 11.9. The number of carbonyl (C=O) groups is 1. The second kappa shape index (κ2) is 6.92. The number of primary amides is 1. The van der Waals surface area contributed by atoms with Crippen LogP contribution in [0.2, 0.25) is 0 Å². The van der Waals surface area contributed by atoms with Gasteiger partial charge < -0.3 is 10.3 Å². The van der Waals surface area contributed by atoms with E-state index in [0.29, 0.717) is 12.5 Å². The molecule has 0 aromatic carbocycles. The number of amides is 1. The Bertz CT molecular complexity index is 480. The lowest BCUT2D eigenvalue weighted by Gasteiger charge is -2.21. The fraction of sp³-hybridized carbons (Fsp3) is 0.643. The van der Waals surface area contributed by atoms with Crippen LogP contribution in [0.1, 0.15) is 50.8 Å². The molecule has 1 aromatic heterocycles. The van der Waals surface area contributed by atoms with E-state index in [9.17, 15) is 4.79 Å². The van der Waals surface area contributed by atoms with Crippen molar-refractivity contribution in [3.05, 3.63) is 18.5 Å². The van der Waals surface area contributed by atoms with Crippen LogP contribution >= 0.6 is 11.8 Å². The number of nitrogens with two attached hydrogens (primary N) is 1. The molecule has 1 amide bonds. The minimum absolute atomic E-state index is 0.304. The third kappa shape index (κ3) is 3.42. The number of carbonyl (C=O) groups excluding carboxylic acids is 1. The highest BCUT2D eigenvalue weighted by atomic mass is 32.2. The molecule has 1 heterocycles. The zero-order valence-corrected chi connectivity index (χ0v) is 12.7. The zero-order chi connectivity index (χ0) is 14.5. The van der Waals surface area contributed by atoms with Gasteiger partial charge in [-0.1, -0.05) is 37.1 Å². The van der Waals surface area contributed by atoms with Crippen LogP contribution in [0, 0.1) is 0 Å². The number of hydrogen-bond donors (Lipinski definition) is 1. The van der Waals surface area contributed by atoms with Crippen molar-refractivity contribution in [1.29, 1.82) is 0 Å². The highest BCUT2D eigenvalue weighted by Gasteiger charge is 2.24. The van der Waals surface area contributed by atoms with Crippen molar-refractivity contribution in [3.63, 3.8) is 0 Å². The third-order valence-corrected chi connectivity index (χ3v) is 4.81. The number of rotatable bonds is 6. The van der Waals surface area contributed by atoms with E-state index >= 15 is 0 Å². The van der Waals surface area contributed by atoms with Crippen molar-refractivity contribution in [3.8, 4) is 0 Å². The molecular weight excluding hydrogens is 272 g/mol.